The number of aromatic amines is 1. The Kier molecular flexibility index (Phi) is 5.56. The molecule has 0 radical (unpaired) electrons. The Morgan fingerprint density at radius 1 is 0.968 bits per heavy atom. The number of aromatic nitrogens is 2. The summed E-state index contributed by atoms with van der Waals surface area (Å²) in [6, 6.07) is 18.7. The number of hydrogen-bond acceptors (Lipinski definition) is 4. The van der Waals surface area contributed by atoms with Crippen LogP contribution in [0.2, 0.25) is 0 Å². The summed E-state index contributed by atoms with van der Waals surface area (Å²) >= 11 is 0. The molecule has 1 aliphatic heterocycles. The molecule has 5 heteroatoms. The number of pyridine rings is 1. The van der Waals surface area contributed by atoms with Crippen molar-refractivity contribution in [2.45, 2.75) is 19.3 Å². The Labute approximate surface area is 182 Å². The van der Waals surface area contributed by atoms with Crippen molar-refractivity contribution >= 4 is 27.5 Å². The maximum absolute atomic E-state index is 9.16. The number of hydrogen-bond donors (Lipinski definition) is 1. The third kappa shape index (κ3) is 4.12. The summed E-state index contributed by atoms with van der Waals surface area (Å²) in [4.78, 5) is 12.9. The van der Waals surface area contributed by atoms with Crippen LogP contribution < -0.4 is 4.90 Å². The minimum absolute atomic E-state index is 0.730. The molecule has 31 heavy (non-hydrogen) atoms. The van der Waals surface area contributed by atoms with Crippen LogP contribution in [-0.4, -0.2) is 47.6 Å². The second-order valence-electron chi connectivity index (χ2n) is 8.32. The highest BCUT2D eigenvalue weighted by molar-refractivity contribution is 5.91. The molecule has 1 saturated heterocycles. The molecule has 3 heterocycles. The molecule has 0 atom stereocenters. The average Bonchev–Trinajstić information content (AvgIpc) is 3.24. The molecule has 0 spiro atoms. The van der Waals surface area contributed by atoms with Gasteiger partial charge in [-0.05, 0) is 61.7 Å². The Morgan fingerprint density at radius 2 is 1.84 bits per heavy atom. The molecule has 0 bridgehead atoms. The van der Waals surface area contributed by atoms with Crippen LogP contribution >= 0.6 is 0 Å². The average molecular weight is 410 g/mol. The summed E-state index contributed by atoms with van der Waals surface area (Å²) in [6.45, 7) is 5.49. The Hall–Kier alpha value is -3.36. The standard InChI is InChI=1S/C26H27N5/c27-18-20-8-9-25-23(17-20)21(19-29-25)5-3-4-12-30-13-15-31(16-14-30)26-10-11-28-24-7-2-1-6-22(24)26/h1-2,6-11,17,19,29H,3-5,12-16H2. The van der Waals surface area contributed by atoms with E-state index >= 15 is 0 Å². The summed E-state index contributed by atoms with van der Waals surface area (Å²) in [6.07, 6.45) is 7.44. The predicted octanol–water partition coefficient (Wildman–Crippen LogP) is 4.73. The van der Waals surface area contributed by atoms with Crippen molar-refractivity contribution in [3.8, 4) is 6.07 Å². The van der Waals surface area contributed by atoms with E-state index in [4.69, 9.17) is 5.26 Å². The van der Waals surface area contributed by atoms with E-state index in [1.807, 2.05) is 24.4 Å². The first-order valence-corrected chi connectivity index (χ1v) is 11.1. The van der Waals surface area contributed by atoms with Gasteiger partial charge in [0.25, 0.3) is 0 Å². The lowest BCUT2D eigenvalue weighted by molar-refractivity contribution is 0.253. The van der Waals surface area contributed by atoms with Gasteiger partial charge in [0.2, 0.25) is 0 Å². The lowest BCUT2D eigenvalue weighted by atomic mass is 10.0. The second kappa shape index (κ2) is 8.79. The number of fused-ring (bicyclic) bond motifs is 2. The minimum Gasteiger partial charge on any atom is -0.368 e. The number of rotatable bonds is 6. The van der Waals surface area contributed by atoms with Gasteiger partial charge < -0.3 is 9.88 Å². The first-order chi connectivity index (χ1) is 15.3. The van der Waals surface area contributed by atoms with Crippen molar-refractivity contribution in [1.29, 1.82) is 5.26 Å². The van der Waals surface area contributed by atoms with Crippen molar-refractivity contribution in [2.75, 3.05) is 37.6 Å². The molecule has 2 aromatic carbocycles. The van der Waals surface area contributed by atoms with E-state index in [-0.39, 0.29) is 0 Å². The van der Waals surface area contributed by atoms with Gasteiger partial charge in [0.1, 0.15) is 0 Å². The fraction of sp³-hybridized carbons (Fsp3) is 0.308. The van der Waals surface area contributed by atoms with Crippen molar-refractivity contribution in [3.05, 3.63) is 72.1 Å². The fourth-order valence-corrected chi connectivity index (χ4v) is 4.67. The van der Waals surface area contributed by atoms with Crippen LogP contribution in [0.25, 0.3) is 21.8 Å². The van der Waals surface area contributed by atoms with Gasteiger partial charge in [-0.3, -0.25) is 9.88 Å². The van der Waals surface area contributed by atoms with Gasteiger partial charge in [-0.1, -0.05) is 18.2 Å². The van der Waals surface area contributed by atoms with Gasteiger partial charge in [-0.2, -0.15) is 5.26 Å². The molecule has 0 unspecified atom stereocenters. The second-order valence-corrected chi connectivity index (χ2v) is 8.32. The summed E-state index contributed by atoms with van der Waals surface area (Å²) in [5.74, 6) is 0. The molecule has 0 saturated carbocycles. The van der Waals surface area contributed by atoms with Gasteiger partial charge in [0.15, 0.2) is 0 Å². The number of aryl methyl sites for hydroxylation is 1. The molecular weight excluding hydrogens is 382 g/mol. The Bertz CT molecular complexity index is 1220. The number of nitriles is 1. The number of unbranched alkanes of at least 4 members (excludes halogenated alkanes) is 1. The zero-order chi connectivity index (χ0) is 21.0. The highest BCUT2D eigenvalue weighted by atomic mass is 15.3. The number of nitrogens with zero attached hydrogens (tertiary/aromatic N) is 4. The molecule has 156 valence electrons. The Morgan fingerprint density at radius 3 is 2.71 bits per heavy atom. The van der Waals surface area contributed by atoms with Crippen molar-refractivity contribution in [3.63, 3.8) is 0 Å². The zero-order valence-corrected chi connectivity index (χ0v) is 17.7. The molecule has 1 N–H and O–H groups in total. The monoisotopic (exact) mass is 409 g/mol. The molecule has 5 nitrogen and oxygen atoms in total. The summed E-state index contributed by atoms with van der Waals surface area (Å²) in [5.41, 5.74) is 5.55. The van der Waals surface area contributed by atoms with E-state index in [1.54, 1.807) is 0 Å². The Balaban J connectivity index is 1.12. The van der Waals surface area contributed by atoms with Crippen LogP contribution in [0.1, 0.15) is 24.0 Å². The van der Waals surface area contributed by atoms with Gasteiger partial charge >= 0.3 is 0 Å². The third-order valence-electron chi connectivity index (χ3n) is 6.41. The number of nitrogens with one attached hydrogen (secondary N) is 1. The number of para-hydroxylation sites is 1. The zero-order valence-electron chi connectivity index (χ0n) is 17.7. The van der Waals surface area contributed by atoms with E-state index in [2.05, 4.69) is 62.4 Å². The van der Waals surface area contributed by atoms with Crippen LogP contribution in [0, 0.1) is 11.3 Å². The van der Waals surface area contributed by atoms with Crippen LogP contribution in [0.15, 0.2) is 60.9 Å². The molecule has 1 aliphatic rings. The van der Waals surface area contributed by atoms with E-state index < -0.39 is 0 Å². The van der Waals surface area contributed by atoms with Gasteiger partial charge in [-0.25, -0.2) is 0 Å². The quantitative estimate of drug-likeness (QED) is 0.468. The lowest BCUT2D eigenvalue weighted by Crippen LogP contribution is -2.46. The number of piperazine rings is 1. The molecule has 5 rings (SSSR count). The minimum atomic E-state index is 0.730. The lowest BCUT2D eigenvalue weighted by Gasteiger charge is -2.36. The number of benzene rings is 2. The summed E-state index contributed by atoms with van der Waals surface area (Å²) in [5, 5.41) is 11.6. The number of anilines is 1. The topological polar surface area (TPSA) is 59.0 Å². The highest BCUT2D eigenvalue weighted by Crippen LogP contribution is 2.26. The SMILES string of the molecule is N#Cc1ccc2[nH]cc(CCCCN3CCN(c4ccnc5ccccc45)CC3)c2c1. The largest absolute Gasteiger partial charge is 0.368 e. The smallest absolute Gasteiger partial charge is 0.0991 e. The maximum Gasteiger partial charge on any atom is 0.0991 e. The van der Waals surface area contributed by atoms with Crippen molar-refractivity contribution in [1.82, 2.24) is 14.9 Å². The van der Waals surface area contributed by atoms with E-state index in [9.17, 15) is 0 Å². The predicted molar refractivity (Wildman–Crippen MR) is 126 cm³/mol. The molecule has 4 aromatic rings. The summed E-state index contributed by atoms with van der Waals surface area (Å²) in [7, 11) is 0. The fourth-order valence-electron chi connectivity index (χ4n) is 4.67. The van der Waals surface area contributed by atoms with Gasteiger partial charge in [0, 0.05) is 60.5 Å². The van der Waals surface area contributed by atoms with Gasteiger partial charge in [0.05, 0.1) is 17.1 Å². The molecule has 1 fully saturated rings. The number of H-pyrrole nitrogens is 1. The maximum atomic E-state index is 9.16. The molecule has 2 aromatic heterocycles. The van der Waals surface area contributed by atoms with Crippen molar-refractivity contribution < 1.29 is 0 Å². The first-order valence-electron chi connectivity index (χ1n) is 11.1. The van der Waals surface area contributed by atoms with E-state index in [0.717, 1.165) is 55.7 Å². The highest BCUT2D eigenvalue weighted by Gasteiger charge is 2.18. The summed E-state index contributed by atoms with van der Waals surface area (Å²) < 4.78 is 0. The van der Waals surface area contributed by atoms with Crippen LogP contribution in [0.3, 0.4) is 0 Å². The molecule has 0 amide bonds. The van der Waals surface area contributed by atoms with Crippen LogP contribution in [0.4, 0.5) is 5.69 Å². The molecule has 0 aliphatic carbocycles. The van der Waals surface area contributed by atoms with Crippen molar-refractivity contribution in [2.24, 2.45) is 0 Å². The normalized spacial score (nSPS) is 14.9. The first kappa shape index (κ1) is 19.6. The van der Waals surface area contributed by atoms with E-state index in [0.29, 0.717) is 0 Å². The third-order valence-corrected chi connectivity index (χ3v) is 6.41. The van der Waals surface area contributed by atoms with Crippen LogP contribution in [-0.2, 0) is 6.42 Å². The van der Waals surface area contributed by atoms with Gasteiger partial charge in [-0.15, -0.1) is 0 Å². The van der Waals surface area contributed by atoms with E-state index in [1.165, 1.54) is 34.9 Å². The molecular formula is C26H27N5. The van der Waals surface area contributed by atoms with Crippen LogP contribution in [0.5, 0.6) is 0 Å².